The molecule has 0 aromatic carbocycles. The third-order valence-corrected chi connectivity index (χ3v) is 7.18. The van der Waals surface area contributed by atoms with Crippen LogP contribution in [0.2, 0.25) is 0 Å². The Morgan fingerprint density at radius 2 is 2.25 bits per heavy atom. The molecule has 1 aromatic rings. The molecule has 2 saturated carbocycles. The summed E-state index contributed by atoms with van der Waals surface area (Å²) in [4.78, 5) is 10.7. The van der Waals surface area contributed by atoms with Crippen molar-refractivity contribution in [2.45, 2.75) is 65.1 Å². The molecule has 2 aliphatic carbocycles. The van der Waals surface area contributed by atoms with Crippen molar-refractivity contribution in [3.63, 3.8) is 0 Å². The molecule has 132 valence electrons. The number of thiazole rings is 1. The molecule has 3 fully saturated rings. The van der Waals surface area contributed by atoms with Crippen LogP contribution in [-0.2, 0) is 11.3 Å². The first-order chi connectivity index (χ1) is 11.6. The molecule has 2 N–H and O–H groups in total. The fourth-order valence-corrected chi connectivity index (χ4v) is 5.54. The Balaban J connectivity index is 1.46. The van der Waals surface area contributed by atoms with Gasteiger partial charge in [0, 0.05) is 35.4 Å². The zero-order valence-electron chi connectivity index (χ0n) is 14.9. The molecule has 24 heavy (non-hydrogen) atoms. The van der Waals surface area contributed by atoms with E-state index in [1.807, 2.05) is 0 Å². The first-order valence-electron chi connectivity index (χ1n) is 9.23. The summed E-state index contributed by atoms with van der Waals surface area (Å²) in [6.07, 6.45) is 5.63. The van der Waals surface area contributed by atoms with E-state index in [-0.39, 0.29) is 0 Å². The van der Waals surface area contributed by atoms with Gasteiger partial charge in [0.25, 0.3) is 0 Å². The SMILES string of the molecule is CCNC(=NCc1nc(C)c(C)s1)NC1C2CCOC2C12CCC2. The van der Waals surface area contributed by atoms with Gasteiger partial charge in [0.1, 0.15) is 5.01 Å². The predicted octanol–water partition coefficient (Wildman–Crippen LogP) is 2.77. The molecule has 3 unspecified atom stereocenters. The maximum atomic E-state index is 6.02. The van der Waals surface area contributed by atoms with Gasteiger partial charge in [-0.2, -0.15) is 0 Å². The van der Waals surface area contributed by atoms with Gasteiger partial charge in [-0.3, -0.25) is 0 Å². The van der Waals surface area contributed by atoms with E-state index in [2.05, 4.69) is 36.4 Å². The number of hydrogen-bond acceptors (Lipinski definition) is 4. The molecular weight excluding hydrogens is 320 g/mol. The van der Waals surface area contributed by atoms with Crippen molar-refractivity contribution in [2.75, 3.05) is 13.2 Å². The van der Waals surface area contributed by atoms with Crippen molar-refractivity contribution in [1.29, 1.82) is 0 Å². The van der Waals surface area contributed by atoms with Crippen LogP contribution in [0, 0.1) is 25.2 Å². The minimum absolute atomic E-state index is 0.381. The van der Waals surface area contributed by atoms with Gasteiger partial charge in [0.05, 0.1) is 18.3 Å². The second-order valence-corrected chi connectivity index (χ2v) is 8.68. The van der Waals surface area contributed by atoms with E-state index in [9.17, 15) is 0 Å². The number of fused-ring (bicyclic) bond motifs is 2. The first-order valence-corrected chi connectivity index (χ1v) is 10.0. The summed E-state index contributed by atoms with van der Waals surface area (Å²) in [6, 6.07) is 0.524. The average molecular weight is 349 g/mol. The van der Waals surface area contributed by atoms with E-state index < -0.39 is 0 Å². The van der Waals surface area contributed by atoms with Crippen LogP contribution in [0.3, 0.4) is 0 Å². The Bertz CT molecular complexity index is 617. The third kappa shape index (κ3) is 2.54. The highest BCUT2D eigenvalue weighted by molar-refractivity contribution is 7.11. The van der Waals surface area contributed by atoms with Crippen LogP contribution >= 0.6 is 11.3 Å². The predicted molar refractivity (Wildman–Crippen MR) is 97.5 cm³/mol. The highest BCUT2D eigenvalue weighted by Crippen LogP contribution is 2.62. The molecule has 0 radical (unpaired) electrons. The monoisotopic (exact) mass is 348 g/mol. The zero-order valence-corrected chi connectivity index (χ0v) is 15.7. The standard InChI is InChI=1S/C18H28N4OS/c1-4-19-17(20-10-14-21-11(2)12(3)24-14)22-15-13-6-9-23-16(13)18(15)7-5-8-18/h13,15-16H,4-10H2,1-3H3,(H2,19,20,22). The molecule has 4 rings (SSSR count). The Labute approximate surface area is 148 Å². The Kier molecular flexibility index (Phi) is 4.29. The van der Waals surface area contributed by atoms with Gasteiger partial charge in [-0.05, 0) is 40.0 Å². The summed E-state index contributed by atoms with van der Waals surface area (Å²) in [7, 11) is 0. The maximum Gasteiger partial charge on any atom is 0.191 e. The molecule has 3 aliphatic rings. The smallest absolute Gasteiger partial charge is 0.191 e. The van der Waals surface area contributed by atoms with Gasteiger partial charge >= 0.3 is 0 Å². The van der Waals surface area contributed by atoms with Crippen molar-refractivity contribution in [1.82, 2.24) is 15.6 Å². The fourth-order valence-electron chi connectivity index (χ4n) is 4.68. The van der Waals surface area contributed by atoms with Crippen LogP contribution in [0.5, 0.6) is 0 Å². The van der Waals surface area contributed by atoms with Crippen molar-refractivity contribution < 1.29 is 4.74 Å². The normalized spacial score (nSPS) is 30.6. The summed E-state index contributed by atoms with van der Waals surface area (Å²) in [5, 5.41) is 8.25. The van der Waals surface area contributed by atoms with E-state index in [1.165, 1.54) is 30.6 Å². The second-order valence-electron chi connectivity index (χ2n) is 7.40. The van der Waals surface area contributed by atoms with E-state index in [4.69, 9.17) is 9.73 Å². The van der Waals surface area contributed by atoms with Crippen LogP contribution in [0.25, 0.3) is 0 Å². The summed E-state index contributed by atoms with van der Waals surface area (Å²) >= 11 is 1.75. The molecule has 3 atom stereocenters. The van der Waals surface area contributed by atoms with Gasteiger partial charge in [-0.15, -0.1) is 11.3 Å². The van der Waals surface area contributed by atoms with E-state index >= 15 is 0 Å². The van der Waals surface area contributed by atoms with Gasteiger partial charge in [-0.25, -0.2) is 9.98 Å². The van der Waals surface area contributed by atoms with Crippen molar-refractivity contribution in [3.8, 4) is 0 Å². The molecule has 1 spiro atoms. The highest BCUT2D eigenvalue weighted by Gasteiger charge is 2.66. The Morgan fingerprint density at radius 1 is 1.42 bits per heavy atom. The number of aryl methyl sites for hydroxylation is 2. The van der Waals surface area contributed by atoms with Crippen LogP contribution < -0.4 is 10.6 Å². The first kappa shape index (κ1) is 16.3. The minimum atomic E-state index is 0.381. The topological polar surface area (TPSA) is 58.5 Å². The number of aliphatic imine (C=N–C) groups is 1. The maximum absolute atomic E-state index is 6.02. The number of nitrogens with zero attached hydrogens (tertiary/aromatic N) is 2. The molecule has 1 saturated heterocycles. The Morgan fingerprint density at radius 3 is 2.88 bits per heavy atom. The van der Waals surface area contributed by atoms with Crippen LogP contribution in [0.1, 0.15) is 48.2 Å². The number of hydrogen-bond donors (Lipinski definition) is 2. The summed E-state index contributed by atoms with van der Waals surface area (Å²) in [5.41, 5.74) is 1.51. The lowest BCUT2D eigenvalue weighted by molar-refractivity contribution is -0.171. The average Bonchev–Trinajstić information content (AvgIpc) is 3.06. The molecular formula is C18H28N4OS. The van der Waals surface area contributed by atoms with Gasteiger partial charge < -0.3 is 15.4 Å². The molecule has 2 heterocycles. The summed E-state index contributed by atoms with van der Waals surface area (Å²) < 4.78 is 6.02. The number of guanidine groups is 1. The van der Waals surface area contributed by atoms with Crippen molar-refractivity contribution >= 4 is 17.3 Å². The van der Waals surface area contributed by atoms with E-state index in [0.717, 1.165) is 29.8 Å². The van der Waals surface area contributed by atoms with Gasteiger partial charge in [0.2, 0.25) is 0 Å². The molecule has 5 nitrogen and oxygen atoms in total. The van der Waals surface area contributed by atoms with Gasteiger partial charge in [0.15, 0.2) is 5.96 Å². The number of ether oxygens (including phenoxy) is 1. The van der Waals surface area contributed by atoms with Crippen molar-refractivity contribution in [3.05, 3.63) is 15.6 Å². The van der Waals surface area contributed by atoms with Crippen LogP contribution in [0.15, 0.2) is 4.99 Å². The van der Waals surface area contributed by atoms with E-state index in [0.29, 0.717) is 30.0 Å². The molecule has 0 bridgehead atoms. The Hall–Kier alpha value is -1.14. The highest BCUT2D eigenvalue weighted by atomic mass is 32.1. The third-order valence-electron chi connectivity index (χ3n) is 6.12. The molecule has 1 aromatic heterocycles. The molecule has 6 heteroatoms. The summed E-state index contributed by atoms with van der Waals surface area (Å²) in [6.45, 7) is 8.78. The molecule has 1 aliphatic heterocycles. The number of aromatic nitrogens is 1. The zero-order chi connectivity index (χ0) is 16.7. The van der Waals surface area contributed by atoms with Crippen molar-refractivity contribution in [2.24, 2.45) is 16.3 Å². The lowest BCUT2D eigenvalue weighted by Crippen LogP contribution is -2.72. The van der Waals surface area contributed by atoms with Crippen LogP contribution in [-0.4, -0.2) is 36.2 Å². The molecule has 0 amide bonds. The minimum Gasteiger partial charge on any atom is -0.377 e. The largest absolute Gasteiger partial charge is 0.377 e. The fraction of sp³-hybridized carbons (Fsp3) is 0.778. The quantitative estimate of drug-likeness (QED) is 0.649. The number of rotatable bonds is 4. The van der Waals surface area contributed by atoms with Crippen LogP contribution in [0.4, 0.5) is 0 Å². The van der Waals surface area contributed by atoms with E-state index in [1.54, 1.807) is 11.3 Å². The summed E-state index contributed by atoms with van der Waals surface area (Å²) in [5.74, 6) is 1.60. The lowest BCUT2D eigenvalue weighted by atomic mass is 9.46. The number of nitrogens with one attached hydrogen (secondary N) is 2. The lowest BCUT2D eigenvalue weighted by Gasteiger charge is -2.63. The second kappa shape index (κ2) is 6.30. The van der Waals surface area contributed by atoms with Gasteiger partial charge in [-0.1, -0.05) is 6.42 Å².